The van der Waals surface area contributed by atoms with Crippen molar-refractivity contribution in [3.63, 3.8) is 0 Å². The van der Waals surface area contributed by atoms with Crippen LogP contribution in [0.3, 0.4) is 0 Å². The third-order valence-corrected chi connectivity index (χ3v) is 5.32. The molecule has 0 heterocycles. The highest BCUT2D eigenvalue weighted by Crippen LogP contribution is 2.38. The van der Waals surface area contributed by atoms with E-state index < -0.39 is 0 Å². The zero-order valence-electron chi connectivity index (χ0n) is 13.5. The Labute approximate surface area is 157 Å². The van der Waals surface area contributed by atoms with Gasteiger partial charge in [0.1, 0.15) is 0 Å². The molecule has 0 aliphatic heterocycles. The van der Waals surface area contributed by atoms with Gasteiger partial charge in [-0.2, -0.15) is 0 Å². The van der Waals surface area contributed by atoms with Gasteiger partial charge in [0, 0.05) is 31.7 Å². The lowest BCUT2D eigenvalue weighted by Gasteiger charge is -2.12. The fourth-order valence-electron chi connectivity index (χ4n) is 2.14. The fourth-order valence-corrected chi connectivity index (χ4v) is 3.26. The molecule has 6 heteroatoms. The summed E-state index contributed by atoms with van der Waals surface area (Å²) in [7, 11) is 6.28. The molecule has 0 spiro atoms. The number of ketones is 1. The van der Waals surface area contributed by atoms with Crippen molar-refractivity contribution in [2.24, 2.45) is 0 Å². The highest BCUT2D eigenvalue weighted by atomic mass is 127. The number of ether oxygens (including phenoxy) is 3. The number of halogens is 1. The van der Waals surface area contributed by atoms with Gasteiger partial charge in [0.15, 0.2) is 17.3 Å². The number of benzene rings is 2. The van der Waals surface area contributed by atoms with Crippen LogP contribution in [-0.2, 0) is 0 Å². The van der Waals surface area contributed by atoms with Crippen LogP contribution in [0, 0.1) is 0 Å². The van der Waals surface area contributed by atoms with Gasteiger partial charge in [-0.3, -0.25) is 4.79 Å². The first kappa shape index (κ1) is 18.7. The largest absolute Gasteiger partial charge is 0.493 e. The minimum atomic E-state index is -0.0613. The first-order valence-corrected chi connectivity index (χ1v) is 10.4. The molecule has 2 aromatic carbocycles. The molecule has 2 rings (SSSR count). The van der Waals surface area contributed by atoms with Crippen LogP contribution in [0.15, 0.2) is 47.4 Å². The van der Waals surface area contributed by atoms with Crippen LogP contribution < -0.4 is 14.2 Å². The van der Waals surface area contributed by atoms with E-state index >= 15 is 0 Å². The Kier molecular flexibility index (Phi) is 6.99. The normalized spacial score (nSPS) is 10.7. The summed E-state index contributed by atoms with van der Waals surface area (Å²) in [5.74, 6) is 1.56. The van der Waals surface area contributed by atoms with E-state index in [0.29, 0.717) is 22.8 Å². The predicted molar refractivity (Wildman–Crippen MR) is 106 cm³/mol. The van der Waals surface area contributed by atoms with Gasteiger partial charge in [-0.25, -0.2) is 0 Å². The Bertz CT molecular complexity index is 716. The Hall–Kier alpha value is -1.67. The molecule has 2 aromatic rings. The second-order valence-corrected chi connectivity index (χ2v) is 6.70. The van der Waals surface area contributed by atoms with Crippen molar-refractivity contribution in [1.29, 1.82) is 0 Å². The molecule has 0 aromatic heterocycles. The predicted octanol–water partition coefficient (Wildman–Crippen LogP) is 5.05. The third-order valence-electron chi connectivity index (χ3n) is 3.34. The van der Waals surface area contributed by atoms with Crippen LogP contribution in [-0.4, -0.2) is 27.1 Å². The van der Waals surface area contributed by atoms with E-state index in [1.165, 1.54) is 6.08 Å². The van der Waals surface area contributed by atoms with Crippen LogP contribution >= 0.6 is 30.1 Å². The van der Waals surface area contributed by atoms with E-state index in [4.69, 9.17) is 14.2 Å². The molecular formula is C18H17IO4S. The second kappa shape index (κ2) is 8.98. The fraction of sp³-hybridized carbons (Fsp3) is 0.167. The number of hydrogen-bond donors (Lipinski definition) is 0. The molecule has 0 unspecified atom stereocenters. The van der Waals surface area contributed by atoms with Gasteiger partial charge in [-0.15, -0.1) is 0 Å². The van der Waals surface area contributed by atoms with Crippen LogP contribution in [0.25, 0.3) is 6.08 Å². The van der Waals surface area contributed by atoms with Gasteiger partial charge >= 0.3 is 0 Å². The van der Waals surface area contributed by atoms with E-state index in [1.54, 1.807) is 48.5 Å². The summed E-state index contributed by atoms with van der Waals surface area (Å²) < 4.78 is 15.9. The van der Waals surface area contributed by atoms with E-state index in [0.717, 1.165) is 10.5 Å². The van der Waals surface area contributed by atoms with Crippen molar-refractivity contribution in [1.82, 2.24) is 0 Å². The van der Waals surface area contributed by atoms with E-state index in [9.17, 15) is 4.79 Å². The van der Waals surface area contributed by atoms with Crippen molar-refractivity contribution < 1.29 is 19.0 Å². The maximum Gasteiger partial charge on any atom is 0.203 e. The van der Waals surface area contributed by atoms with Crippen molar-refractivity contribution >= 4 is 42.0 Å². The molecule has 0 atom stereocenters. The van der Waals surface area contributed by atoms with Gasteiger partial charge in [0.25, 0.3) is 0 Å². The number of methoxy groups -OCH3 is 3. The maximum atomic E-state index is 12.3. The number of carbonyl (C=O) groups excluding carboxylic acids is 1. The minimum Gasteiger partial charge on any atom is -0.493 e. The van der Waals surface area contributed by atoms with Gasteiger partial charge < -0.3 is 14.2 Å². The molecule has 0 amide bonds. The molecule has 0 aliphatic carbocycles. The molecule has 0 N–H and O–H groups in total. The molecule has 4 nitrogen and oxygen atoms in total. The lowest BCUT2D eigenvalue weighted by Crippen LogP contribution is -1.96. The zero-order valence-corrected chi connectivity index (χ0v) is 16.5. The summed E-state index contributed by atoms with van der Waals surface area (Å²) in [5.41, 5.74) is 1.44. The van der Waals surface area contributed by atoms with Crippen molar-refractivity contribution in [3.8, 4) is 17.2 Å². The van der Waals surface area contributed by atoms with Crippen molar-refractivity contribution in [2.75, 3.05) is 21.3 Å². The first-order valence-electron chi connectivity index (χ1n) is 7.04. The molecule has 24 heavy (non-hydrogen) atoms. The van der Waals surface area contributed by atoms with Gasteiger partial charge in [0.2, 0.25) is 5.75 Å². The van der Waals surface area contributed by atoms with Gasteiger partial charge in [-0.05, 0) is 48.0 Å². The zero-order chi connectivity index (χ0) is 17.5. The number of rotatable bonds is 7. The molecule has 0 saturated heterocycles. The standard InChI is InChI=1S/C18H17IO4S/c1-21-16-10-12(11-17(22-2)18(16)23-3)4-9-15(20)13-5-7-14(24-19)8-6-13/h4-11H,1-3H3. The average Bonchev–Trinajstić information content (AvgIpc) is 2.65. The maximum absolute atomic E-state index is 12.3. The third kappa shape index (κ3) is 4.45. The Morgan fingerprint density at radius 1 is 1.00 bits per heavy atom. The lowest BCUT2D eigenvalue weighted by molar-refractivity contribution is 0.104. The average molecular weight is 456 g/mol. The summed E-state index contributed by atoms with van der Waals surface area (Å²) in [4.78, 5) is 13.4. The smallest absolute Gasteiger partial charge is 0.203 e. The monoisotopic (exact) mass is 456 g/mol. The van der Waals surface area contributed by atoms with Gasteiger partial charge in [-0.1, -0.05) is 15.0 Å². The van der Waals surface area contributed by atoms with Crippen LogP contribution in [0.4, 0.5) is 0 Å². The van der Waals surface area contributed by atoms with E-state index in [1.807, 2.05) is 24.3 Å². The summed E-state index contributed by atoms with van der Waals surface area (Å²) >= 11 is 2.21. The summed E-state index contributed by atoms with van der Waals surface area (Å²) in [6, 6.07) is 11.1. The first-order chi connectivity index (χ1) is 11.6. The molecule has 0 saturated carbocycles. The topological polar surface area (TPSA) is 44.8 Å². The SMILES string of the molecule is COc1cc(C=CC(=O)c2ccc(SI)cc2)cc(OC)c1OC. The number of allylic oxidation sites excluding steroid dienone is 1. The lowest BCUT2D eigenvalue weighted by atomic mass is 10.1. The Balaban J connectivity index is 2.25. The molecule has 0 fully saturated rings. The summed E-state index contributed by atoms with van der Waals surface area (Å²) in [6.07, 6.45) is 3.26. The molecule has 0 radical (unpaired) electrons. The molecular weight excluding hydrogens is 439 g/mol. The summed E-state index contributed by atoms with van der Waals surface area (Å²) in [5, 5.41) is 0. The van der Waals surface area contributed by atoms with Crippen LogP contribution in [0.1, 0.15) is 15.9 Å². The Morgan fingerprint density at radius 2 is 1.58 bits per heavy atom. The molecule has 0 aliphatic rings. The second-order valence-electron chi connectivity index (χ2n) is 4.76. The highest BCUT2D eigenvalue weighted by Gasteiger charge is 2.12. The summed E-state index contributed by atoms with van der Waals surface area (Å²) in [6.45, 7) is 0. The van der Waals surface area contributed by atoms with E-state index in [2.05, 4.69) is 21.2 Å². The highest BCUT2D eigenvalue weighted by molar-refractivity contribution is 14.2. The Morgan fingerprint density at radius 3 is 2.04 bits per heavy atom. The number of hydrogen-bond acceptors (Lipinski definition) is 5. The quantitative estimate of drug-likeness (QED) is 0.332. The molecule has 0 bridgehead atoms. The van der Waals surface area contributed by atoms with Crippen molar-refractivity contribution in [3.05, 3.63) is 53.6 Å². The van der Waals surface area contributed by atoms with Gasteiger partial charge in [0.05, 0.1) is 21.3 Å². The minimum absolute atomic E-state index is 0.0613. The van der Waals surface area contributed by atoms with E-state index in [-0.39, 0.29) is 5.78 Å². The van der Waals surface area contributed by atoms with Crippen molar-refractivity contribution in [2.45, 2.75) is 4.90 Å². The van der Waals surface area contributed by atoms with Crippen LogP contribution in [0.5, 0.6) is 17.2 Å². The molecule has 126 valence electrons. The van der Waals surface area contributed by atoms with Crippen LogP contribution in [0.2, 0.25) is 0 Å². The number of carbonyl (C=O) groups is 1.